The third kappa shape index (κ3) is 4.19. The van der Waals surface area contributed by atoms with Gasteiger partial charge in [-0.2, -0.15) is 0 Å². The van der Waals surface area contributed by atoms with Crippen LogP contribution in [-0.2, 0) is 13.0 Å². The molecule has 8 heteroatoms. The number of rotatable bonds is 5. The Bertz CT molecular complexity index is 1210. The second-order valence-electron chi connectivity index (χ2n) is 8.14. The van der Waals surface area contributed by atoms with Crippen molar-refractivity contribution in [3.05, 3.63) is 75.7 Å². The van der Waals surface area contributed by atoms with Crippen molar-refractivity contribution >= 4 is 28.2 Å². The molecular formula is C25H25N3O4S. The highest BCUT2D eigenvalue weighted by atomic mass is 32.1. The maximum atomic E-state index is 13.0. The molecule has 7 nitrogen and oxygen atoms in total. The van der Waals surface area contributed by atoms with Crippen molar-refractivity contribution in [1.82, 2.24) is 10.2 Å². The van der Waals surface area contributed by atoms with E-state index < -0.39 is 12.1 Å². The van der Waals surface area contributed by atoms with Crippen molar-refractivity contribution in [2.24, 2.45) is 0 Å². The zero-order valence-corrected chi connectivity index (χ0v) is 19.3. The minimum Gasteiger partial charge on any atom is -0.490 e. The Morgan fingerprint density at radius 1 is 1.15 bits per heavy atom. The van der Waals surface area contributed by atoms with Crippen LogP contribution >= 0.6 is 11.3 Å². The van der Waals surface area contributed by atoms with E-state index >= 15 is 0 Å². The average Bonchev–Trinajstić information content (AvgIpc) is 3.18. The van der Waals surface area contributed by atoms with E-state index in [1.807, 2.05) is 19.1 Å². The molecule has 1 amide bonds. The highest BCUT2D eigenvalue weighted by Gasteiger charge is 2.33. The van der Waals surface area contributed by atoms with Crippen molar-refractivity contribution in [3.63, 3.8) is 0 Å². The summed E-state index contributed by atoms with van der Waals surface area (Å²) in [7, 11) is 2.10. The lowest BCUT2D eigenvalue weighted by Gasteiger charge is -2.27. The van der Waals surface area contributed by atoms with Gasteiger partial charge in [0.05, 0.1) is 17.7 Å². The van der Waals surface area contributed by atoms with Crippen molar-refractivity contribution in [3.8, 4) is 11.5 Å². The number of thiophene rings is 1. The number of carbonyl (C=O) groups excluding carboxylic acids is 2. The molecule has 1 unspecified atom stereocenters. The fourth-order valence-corrected chi connectivity index (χ4v) is 5.55. The van der Waals surface area contributed by atoms with E-state index in [0.717, 1.165) is 41.2 Å². The smallest absolute Gasteiger partial charge is 0.343 e. The summed E-state index contributed by atoms with van der Waals surface area (Å²) in [5.41, 5.74) is 3.22. The Morgan fingerprint density at radius 2 is 1.97 bits per heavy atom. The summed E-state index contributed by atoms with van der Waals surface area (Å²) in [6, 6.07) is 14.2. The summed E-state index contributed by atoms with van der Waals surface area (Å²) in [6.07, 6.45) is 0.480. The van der Waals surface area contributed by atoms with Gasteiger partial charge in [-0.15, -0.1) is 11.3 Å². The molecule has 3 aromatic rings. The monoisotopic (exact) mass is 463 g/mol. The lowest BCUT2D eigenvalue weighted by Crippen LogP contribution is -2.38. The van der Waals surface area contributed by atoms with Gasteiger partial charge in [-0.1, -0.05) is 24.3 Å². The molecule has 0 fully saturated rings. The first kappa shape index (κ1) is 21.5. The Balaban J connectivity index is 1.40. The number of hydrogen-bond donors (Lipinski definition) is 2. The van der Waals surface area contributed by atoms with Crippen LogP contribution in [0, 0.1) is 0 Å². The molecule has 0 aliphatic carbocycles. The van der Waals surface area contributed by atoms with Crippen LogP contribution < -0.4 is 20.1 Å². The summed E-state index contributed by atoms with van der Waals surface area (Å²) >= 11 is 1.65. The quantitative estimate of drug-likeness (QED) is 0.436. The maximum absolute atomic E-state index is 13.0. The molecule has 2 aliphatic rings. The number of benzene rings is 2. The highest BCUT2D eigenvalue weighted by molar-refractivity contribution is 7.16. The number of fused-ring (bicyclic) bond motifs is 3. The molecule has 5 rings (SSSR count). The number of likely N-dealkylation sites (N-methyl/N-ethyl adjacent to an activating group) is 1. The van der Waals surface area contributed by atoms with Gasteiger partial charge in [0.15, 0.2) is 11.5 Å². The number of carbonyl (C=O) groups is 2. The fourth-order valence-electron chi connectivity index (χ4n) is 4.20. The van der Waals surface area contributed by atoms with Gasteiger partial charge < -0.3 is 25.0 Å². The summed E-state index contributed by atoms with van der Waals surface area (Å²) in [5.74, 6) is 0.278. The van der Waals surface area contributed by atoms with Gasteiger partial charge in [0.1, 0.15) is 11.2 Å². The fraction of sp³-hybridized carbons (Fsp3) is 0.280. The predicted molar refractivity (Wildman–Crippen MR) is 127 cm³/mol. The first-order valence-electron chi connectivity index (χ1n) is 11.0. The normalized spacial score (nSPS) is 17.4. The Morgan fingerprint density at radius 3 is 2.76 bits per heavy atom. The van der Waals surface area contributed by atoms with Crippen LogP contribution in [0.1, 0.15) is 49.8 Å². The van der Waals surface area contributed by atoms with Crippen LogP contribution in [0.2, 0.25) is 0 Å². The lowest BCUT2D eigenvalue weighted by atomic mass is 10.0. The molecule has 2 aromatic carbocycles. The molecule has 1 atom stereocenters. The Labute approximate surface area is 196 Å². The molecule has 2 aliphatic heterocycles. The molecule has 2 N–H and O–H groups in total. The highest BCUT2D eigenvalue weighted by Crippen LogP contribution is 2.41. The second kappa shape index (κ2) is 8.88. The number of hydrogen-bond acceptors (Lipinski definition) is 7. The summed E-state index contributed by atoms with van der Waals surface area (Å²) in [6.45, 7) is 4.10. The van der Waals surface area contributed by atoms with Gasteiger partial charge in [-0.05, 0) is 55.8 Å². The summed E-state index contributed by atoms with van der Waals surface area (Å²) < 4.78 is 11.4. The molecule has 33 heavy (non-hydrogen) atoms. The largest absolute Gasteiger partial charge is 0.490 e. The topological polar surface area (TPSA) is 79.9 Å². The molecule has 0 bridgehead atoms. The number of nitrogens with zero attached hydrogens (tertiary/aromatic N) is 1. The van der Waals surface area contributed by atoms with E-state index in [1.54, 1.807) is 47.7 Å². The van der Waals surface area contributed by atoms with Gasteiger partial charge in [0.25, 0.3) is 5.91 Å². The number of anilines is 1. The molecule has 3 heterocycles. The van der Waals surface area contributed by atoms with E-state index in [2.05, 4.69) is 22.6 Å². The number of ether oxygens (including phenoxy) is 2. The van der Waals surface area contributed by atoms with Gasteiger partial charge >= 0.3 is 5.97 Å². The van der Waals surface area contributed by atoms with Gasteiger partial charge in [-0.25, -0.2) is 4.79 Å². The van der Waals surface area contributed by atoms with Crippen LogP contribution in [0.5, 0.6) is 11.5 Å². The van der Waals surface area contributed by atoms with E-state index in [0.29, 0.717) is 23.7 Å². The molecule has 0 spiro atoms. The third-order valence-electron chi connectivity index (χ3n) is 5.84. The minimum atomic E-state index is -0.452. The number of esters is 1. The molecule has 1 aromatic heterocycles. The first-order chi connectivity index (χ1) is 16.0. The second-order valence-corrected chi connectivity index (χ2v) is 9.25. The standard InChI is InChI=1S/C25H25N3O4S/c1-3-31-19-13-16(9-10-18(19)32-25(30)15-7-5-4-6-8-15)22-26-23(29)21-17-11-12-28(2)14-20(17)33-24(21)27-22/h4-10,13,22,27H,3,11-12,14H2,1-2H3,(H,26,29). The van der Waals surface area contributed by atoms with Gasteiger partial charge in [0.2, 0.25) is 0 Å². The molecule has 0 radical (unpaired) electrons. The Kier molecular flexibility index (Phi) is 5.78. The van der Waals surface area contributed by atoms with E-state index in [1.165, 1.54) is 4.88 Å². The molecular weight excluding hydrogens is 438 g/mol. The predicted octanol–water partition coefficient (Wildman–Crippen LogP) is 4.21. The minimum absolute atomic E-state index is 0.0617. The van der Waals surface area contributed by atoms with Crippen LogP contribution in [0.3, 0.4) is 0 Å². The van der Waals surface area contributed by atoms with Crippen molar-refractivity contribution < 1.29 is 19.1 Å². The van der Waals surface area contributed by atoms with E-state index in [-0.39, 0.29) is 5.91 Å². The summed E-state index contributed by atoms with van der Waals surface area (Å²) in [4.78, 5) is 29.0. The number of amides is 1. The van der Waals surface area contributed by atoms with Crippen molar-refractivity contribution in [1.29, 1.82) is 0 Å². The van der Waals surface area contributed by atoms with Crippen LogP contribution in [0.15, 0.2) is 48.5 Å². The maximum Gasteiger partial charge on any atom is 0.343 e. The van der Waals surface area contributed by atoms with E-state index in [4.69, 9.17) is 9.47 Å². The van der Waals surface area contributed by atoms with Gasteiger partial charge in [0, 0.05) is 18.0 Å². The van der Waals surface area contributed by atoms with Crippen molar-refractivity contribution in [2.45, 2.75) is 26.1 Å². The third-order valence-corrected chi connectivity index (χ3v) is 6.99. The molecule has 0 saturated heterocycles. The van der Waals surface area contributed by atoms with Crippen LogP contribution in [0.4, 0.5) is 5.00 Å². The van der Waals surface area contributed by atoms with Crippen molar-refractivity contribution in [2.75, 3.05) is 25.5 Å². The van der Waals surface area contributed by atoms with Gasteiger partial charge in [-0.3, -0.25) is 4.79 Å². The Hall–Kier alpha value is -3.36. The molecule has 170 valence electrons. The SMILES string of the molecule is CCOc1cc(C2NC(=O)c3c(sc4c3CCN(C)C4)N2)ccc1OC(=O)c1ccccc1. The van der Waals surface area contributed by atoms with Crippen LogP contribution in [-0.4, -0.2) is 37.0 Å². The zero-order chi connectivity index (χ0) is 22.9. The van der Waals surface area contributed by atoms with E-state index in [9.17, 15) is 9.59 Å². The molecule has 0 saturated carbocycles. The lowest BCUT2D eigenvalue weighted by molar-refractivity contribution is 0.0728. The average molecular weight is 464 g/mol. The zero-order valence-electron chi connectivity index (χ0n) is 18.5. The van der Waals surface area contributed by atoms with Crippen LogP contribution in [0.25, 0.3) is 0 Å². The summed E-state index contributed by atoms with van der Waals surface area (Å²) in [5, 5.41) is 7.45. The number of nitrogens with one attached hydrogen (secondary N) is 2. The first-order valence-corrected chi connectivity index (χ1v) is 11.8.